The van der Waals surface area contributed by atoms with Crippen molar-refractivity contribution in [3.05, 3.63) is 194 Å². The van der Waals surface area contributed by atoms with Crippen molar-refractivity contribution in [3.8, 4) is 22.5 Å². The number of rotatable bonds is 3. The third-order valence-electron chi connectivity index (χ3n) is 10.2. The van der Waals surface area contributed by atoms with Gasteiger partial charge in [-0.05, 0) is 81.2 Å². The van der Waals surface area contributed by atoms with E-state index in [1.165, 1.54) is 70.9 Å². The second kappa shape index (κ2) is 11.5. The lowest BCUT2D eigenvalue weighted by molar-refractivity contribution is 1.17. The molecule has 2 aromatic heterocycles. The molecule has 0 radical (unpaired) electrons. The molecule has 2 nitrogen and oxygen atoms in total. The molecule has 10 aromatic rings. The molecule has 0 aliphatic carbocycles. The standard InChI is InChI=1S/C48H32N2/c1-2-14-35(15-3-1)50-47-25-13-10-22-43(47)44-31-28-34(32-48(44)50)33-26-29-36(30-27-33)49-45-23-11-8-20-41(45)39-18-6-4-16-37(39)38-17-5-7-19-40(38)42-21-9-12-24-46(42)49/h1-32H. The van der Waals surface area contributed by atoms with Crippen molar-refractivity contribution in [1.29, 1.82) is 0 Å². The van der Waals surface area contributed by atoms with E-state index < -0.39 is 0 Å². The van der Waals surface area contributed by atoms with Crippen LogP contribution in [0.2, 0.25) is 0 Å². The summed E-state index contributed by atoms with van der Waals surface area (Å²) in [5.74, 6) is 0. The van der Waals surface area contributed by atoms with E-state index in [1.54, 1.807) is 0 Å². The van der Waals surface area contributed by atoms with Crippen LogP contribution in [0.3, 0.4) is 0 Å². The highest BCUT2D eigenvalue weighted by atomic mass is 15.0. The normalized spacial score (nSPS) is 11.6. The van der Waals surface area contributed by atoms with E-state index in [0.717, 1.165) is 16.7 Å². The van der Waals surface area contributed by atoms with Gasteiger partial charge in [0.1, 0.15) is 0 Å². The Morgan fingerprint density at radius 2 is 0.560 bits per heavy atom. The Bertz CT molecular complexity index is 2860. The molecule has 0 N–H and O–H groups in total. The number of nitrogens with zero attached hydrogens (tertiary/aromatic N) is 2. The van der Waals surface area contributed by atoms with Crippen molar-refractivity contribution < 1.29 is 0 Å². The molecule has 0 aliphatic heterocycles. The molecule has 2 heteroatoms. The number of para-hydroxylation sites is 4. The summed E-state index contributed by atoms with van der Waals surface area (Å²) in [7, 11) is 0. The summed E-state index contributed by atoms with van der Waals surface area (Å²) >= 11 is 0. The van der Waals surface area contributed by atoms with Gasteiger partial charge < -0.3 is 9.13 Å². The summed E-state index contributed by atoms with van der Waals surface area (Å²) in [5, 5.41) is 9.88. The zero-order chi connectivity index (χ0) is 33.0. The number of fused-ring (bicyclic) bond motifs is 10. The maximum absolute atomic E-state index is 2.43. The van der Waals surface area contributed by atoms with Crippen molar-refractivity contribution in [3.63, 3.8) is 0 Å². The molecular formula is C48H32N2. The summed E-state index contributed by atoms with van der Waals surface area (Å²) in [5.41, 5.74) is 9.39. The van der Waals surface area contributed by atoms with E-state index in [0.29, 0.717) is 0 Å². The molecule has 10 rings (SSSR count). The van der Waals surface area contributed by atoms with Crippen molar-refractivity contribution in [2.75, 3.05) is 0 Å². The van der Waals surface area contributed by atoms with Crippen LogP contribution in [0.1, 0.15) is 0 Å². The fourth-order valence-corrected chi connectivity index (χ4v) is 7.91. The van der Waals surface area contributed by atoms with Gasteiger partial charge in [0, 0.05) is 32.9 Å². The SMILES string of the molecule is c1ccc(-n2c3ccccc3c3ccc(-c4ccc(-n5c6ccccc6c6ccccc6c6ccccc6c6ccccc65)cc4)cc32)cc1. The number of hydrogen-bond donors (Lipinski definition) is 0. The lowest BCUT2D eigenvalue weighted by atomic mass is 10.0. The first kappa shape index (κ1) is 28.4. The molecule has 8 aromatic carbocycles. The first-order valence-corrected chi connectivity index (χ1v) is 17.2. The van der Waals surface area contributed by atoms with Crippen LogP contribution in [0.25, 0.3) is 87.7 Å². The molecule has 0 aliphatic rings. The van der Waals surface area contributed by atoms with Gasteiger partial charge in [-0.2, -0.15) is 0 Å². The Labute approximate surface area is 290 Å². The molecular weight excluding hydrogens is 605 g/mol. The maximum Gasteiger partial charge on any atom is 0.0547 e. The van der Waals surface area contributed by atoms with Crippen molar-refractivity contribution in [1.82, 2.24) is 9.13 Å². The van der Waals surface area contributed by atoms with Crippen LogP contribution in [0.15, 0.2) is 194 Å². The maximum atomic E-state index is 2.43. The molecule has 0 amide bonds. The van der Waals surface area contributed by atoms with Gasteiger partial charge in [-0.1, -0.05) is 146 Å². The Morgan fingerprint density at radius 1 is 0.220 bits per heavy atom. The monoisotopic (exact) mass is 636 g/mol. The molecule has 0 spiro atoms. The van der Waals surface area contributed by atoms with E-state index in [9.17, 15) is 0 Å². The van der Waals surface area contributed by atoms with Crippen molar-refractivity contribution in [2.45, 2.75) is 0 Å². The first-order valence-electron chi connectivity index (χ1n) is 17.2. The van der Waals surface area contributed by atoms with Crippen LogP contribution in [-0.2, 0) is 0 Å². The van der Waals surface area contributed by atoms with E-state index in [2.05, 4.69) is 203 Å². The minimum Gasteiger partial charge on any atom is -0.309 e. The average molecular weight is 637 g/mol. The summed E-state index contributed by atoms with van der Waals surface area (Å²) in [6.07, 6.45) is 0. The average Bonchev–Trinajstić information content (AvgIpc) is 3.54. The lowest BCUT2D eigenvalue weighted by Gasteiger charge is -2.14. The quantitative estimate of drug-likeness (QED) is 0.183. The van der Waals surface area contributed by atoms with Gasteiger partial charge in [0.25, 0.3) is 0 Å². The van der Waals surface area contributed by atoms with Crippen LogP contribution in [0, 0.1) is 0 Å². The predicted octanol–water partition coefficient (Wildman–Crippen LogP) is 13.0. The second-order valence-electron chi connectivity index (χ2n) is 12.9. The zero-order valence-electron chi connectivity index (χ0n) is 27.4. The van der Waals surface area contributed by atoms with E-state index in [4.69, 9.17) is 0 Å². The molecule has 0 fully saturated rings. The molecule has 234 valence electrons. The Kier molecular flexibility index (Phi) is 6.53. The van der Waals surface area contributed by atoms with E-state index in [1.807, 2.05) is 0 Å². The van der Waals surface area contributed by atoms with Gasteiger partial charge in [-0.3, -0.25) is 0 Å². The number of aromatic nitrogens is 2. The summed E-state index contributed by atoms with van der Waals surface area (Å²) in [6, 6.07) is 70.6. The molecule has 0 saturated heterocycles. The fourth-order valence-electron chi connectivity index (χ4n) is 7.91. The van der Waals surface area contributed by atoms with Crippen LogP contribution in [0.4, 0.5) is 0 Å². The Morgan fingerprint density at radius 3 is 1.08 bits per heavy atom. The third-order valence-corrected chi connectivity index (χ3v) is 10.2. The van der Waals surface area contributed by atoms with Gasteiger partial charge in [-0.25, -0.2) is 0 Å². The molecule has 0 saturated carbocycles. The highest BCUT2D eigenvalue weighted by Gasteiger charge is 2.14. The second-order valence-corrected chi connectivity index (χ2v) is 12.9. The summed E-state index contributed by atoms with van der Waals surface area (Å²) < 4.78 is 4.82. The van der Waals surface area contributed by atoms with Crippen LogP contribution >= 0.6 is 0 Å². The van der Waals surface area contributed by atoms with Crippen LogP contribution in [0.5, 0.6) is 0 Å². The smallest absolute Gasteiger partial charge is 0.0547 e. The van der Waals surface area contributed by atoms with Crippen molar-refractivity contribution in [2.24, 2.45) is 0 Å². The Balaban J connectivity index is 1.23. The zero-order valence-corrected chi connectivity index (χ0v) is 27.4. The predicted molar refractivity (Wildman–Crippen MR) is 213 cm³/mol. The van der Waals surface area contributed by atoms with E-state index in [-0.39, 0.29) is 0 Å². The molecule has 0 unspecified atom stereocenters. The highest BCUT2D eigenvalue weighted by Crippen LogP contribution is 2.37. The topological polar surface area (TPSA) is 9.86 Å². The van der Waals surface area contributed by atoms with Crippen LogP contribution < -0.4 is 0 Å². The van der Waals surface area contributed by atoms with Gasteiger partial charge in [0.2, 0.25) is 0 Å². The third kappa shape index (κ3) is 4.43. The molecule has 0 atom stereocenters. The summed E-state index contributed by atoms with van der Waals surface area (Å²) in [6.45, 7) is 0. The van der Waals surface area contributed by atoms with Gasteiger partial charge in [-0.15, -0.1) is 0 Å². The lowest BCUT2D eigenvalue weighted by Crippen LogP contribution is -1.98. The summed E-state index contributed by atoms with van der Waals surface area (Å²) in [4.78, 5) is 0. The number of hydrogen-bond acceptors (Lipinski definition) is 0. The largest absolute Gasteiger partial charge is 0.309 e. The van der Waals surface area contributed by atoms with Gasteiger partial charge >= 0.3 is 0 Å². The van der Waals surface area contributed by atoms with E-state index >= 15 is 0 Å². The molecule has 50 heavy (non-hydrogen) atoms. The van der Waals surface area contributed by atoms with Crippen LogP contribution in [-0.4, -0.2) is 9.13 Å². The fraction of sp³-hybridized carbons (Fsp3) is 0. The molecule has 0 bridgehead atoms. The molecule has 2 heterocycles. The van der Waals surface area contributed by atoms with Gasteiger partial charge in [0.05, 0.1) is 22.1 Å². The number of benzene rings is 8. The Hall–Kier alpha value is -6.64. The minimum absolute atomic E-state index is 1.12. The minimum atomic E-state index is 1.12. The highest BCUT2D eigenvalue weighted by molar-refractivity contribution is 6.19. The van der Waals surface area contributed by atoms with Crippen molar-refractivity contribution >= 4 is 65.2 Å². The first-order chi connectivity index (χ1) is 24.8. The van der Waals surface area contributed by atoms with Gasteiger partial charge in [0.15, 0.2) is 0 Å².